The van der Waals surface area contributed by atoms with Crippen molar-refractivity contribution in [2.75, 3.05) is 0 Å². The monoisotopic (exact) mass is 445 g/mol. The molecule has 0 aromatic carbocycles. The highest BCUT2D eigenvalue weighted by Gasteiger charge is 2.19. The molecule has 7 heteroatoms. The van der Waals surface area contributed by atoms with Gasteiger partial charge in [0, 0.05) is 26.4 Å². The first kappa shape index (κ1) is 21.6. The lowest BCUT2D eigenvalue weighted by molar-refractivity contribution is -0.140. The molecule has 3 rings (SSSR count). The van der Waals surface area contributed by atoms with Gasteiger partial charge in [0.2, 0.25) is 5.78 Å². The summed E-state index contributed by atoms with van der Waals surface area (Å²) in [7, 11) is 0. The van der Waals surface area contributed by atoms with Crippen LogP contribution in [-0.4, -0.2) is 17.5 Å². The predicted molar refractivity (Wildman–Crippen MR) is 123 cm³/mol. The van der Waals surface area contributed by atoms with Crippen LogP contribution in [0.2, 0.25) is 0 Å². The highest BCUT2D eigenvalue weighted by molar-refractivity contribution is 7.26. The Balaban J connectivity index is 1.74. The fourth-order valence-corrected chi connectivity index (χ4v) is 5.69. The van der Waals surface area contributed by atoms with Crippen molar-refractivity contribution in [3.63, 3.8) is 0 Å². The highest BCUT2D eigenvalue weighted by Crippen LogP contribution is 2.39. The summed E-state index contributed by atoms with van der Waals surface area (Å²) in [6.45, 7) is 3.43. The van der Waals surface area contributed by atoms with E-state index in [1.807, 2.05) is 18.2 Å². The smallest absolute Gasteiger partial charge is 0.318 e. The normalized spacial score (nSPS) is 11.6. The van der Waals surface area contributed by atoms with Gasteiger partial charge in [-0.15, -0.1) is 34.0 Å². The van der Waals surface area contributed by atoms with Crippen LogP contribution < -0.4 is 0 Å². The highest BCUT2D eigenvalue weighted by atomic mass is 32.1. The fraction of sp³-hybridized carbons (Fsp3) is 0.318. The number of carbonyl (C=O) groups excluding carboxylic acids is 2. The number of hydrogen-bond donors (Lipinski definition) is 0. The Morgan fingerprint density at radius 3 is 2.34 bits per heavy atom. The zero-order chi connectivity index (χ0) is 20.6. The molecule has 0 fully saturated rings. The second-order valence-electron chi connectivity index (χ2n) is 6.57. The zero-order valence-corrected chi connectivity index (χ0v) is 18.9. The van der Waals surface area contributed by atoms with Gasteiger partial charge >= 0.3 is 5.97 Å². The number of ketones is 1. The van der Waals surface area contributed by atoms with E-state index in [0.29, 0.717) is 17.0 Å². The standard InChI is InChI=1S/C22H23NO3S3/c1-3-4-5-6-8-16(23-26-15(2)24)22(25)21-13-12-20(29-21)19-11-10-18(28-19)17-9-7-14-27-17/h7,9-14H,3-6,8H2,1-2H3/b23-16+. The molecular weight excluding hydrogens is 422 g/mol. The van der Waals surface area contributed by atoms with Crippen LogP contribution in [0.15, 0.2) is 46.9 Å². The molecule has 29 heavy (non-hydrogen) atoms. The molecule has 0 bridgehead atoms. The van der Waals surface area contributed by atoms with Crippen LogP contribution in [0.4, 0.5) is 0 Å². The number of nitrogens with zero attached hydrogens (tertiary/aromatic N) is 1. The van der Waals surface area contributed by atoms with Crippen LogP contribution in [0.25, 0.3) is 19.5 Å². The summed E-state index contributed by atoms with van der Waals surface area (Å²) < 4.78 is 0. The Hall–Kier alpha value is -2.09. The summed E-state index contributed by atoms with van der Waals surface area (Å²) >= 11 is 4.89. The number of Topliss-reactive ketones (excluding diaryl/α,β-unsaturated/α-hetero) is 1. The lowest BCUT2D eigenvalue weighted by Gasteiger charge is -2.03. The minimum absolute atomic E-state index is 0.158. The summed E-state index contributed by atoms with van der Waals surface area (Å²) in [4.78, 5) is 34.1. The lowest BCUT2D eigenvalue weighted by Crippen LogP contribution is -2.14. The molecule has 0 radical (unpaired) electrons. The zero-order valence-electron chi connectivity index (χ0n) is 16.5. The second-order valence-corrected chi connectivity index (χ2v) is 9.68. The average molecular weight is 446 g/mol. The fourth-order valence-electron chi connectivity index (χ4n) is 2.80. The van der Waals surface area contributed by atoms with Gasteiger partial charge < -0.3 is 4.84 Å². The number of unbranched alkanes of at least 4 members (excludes halogenated alkanes) is 3. The number of oxime groups is 1. The van der Waals surface area contributed by atoms with Gasteiger partial charge in [-0.25, -0.2) is 4.79 Å². The van der Waals surface area contributed by atoms with E-state index in [1.165, 1.54) is 28.0 Å². The van der Waals surface area contributed by atoms with E-state index in [4.69, 9.17) is 4.84 Å². The molecule has 0 amide bonds. The molecule has 152 valence electrons. The molecule has 0 saturated carbocycles. The third-order valence-electron chi connectivity index (χ3n) is 4.26. The van der Waals surface area contributed by atoms with Gasteiger partial charge in [-0.1, -0.05) is 37.4 Å². The van der Waals surface area contributed by atoms with Crippen LogP contribution >= 0.6 is 34.0 Å². The average Bonchev–Trinajstić information content (AvgIpc) is 3.47. The van der Waals surface area contributed by atoms with Crippen LogP contribution in [0.3, 0.4) is 0 Å². The van der Waals surface area contributed by atoms with Gasteiger partial charge in [-0.3, -0.25) is 4.79 Å². The SMILES string of the molecule is CCCCCC/C(=N\OC(C)=O)C(=O)c1ccc(-c2ccc(-c3cccs3)s2)s1. The molecule has 0 atom stereocenters. The molecule has 0 spiro atoms. The molecule has 3 aromatic heterocycles. The van der Waals surface area contributed by atoms with Crippen LogP contribution in [-0.2, 0) is 9.63 Å². The first-order valence-electron chi connectivity index (χ1n) is 9.61. The van der Waals surface area contributed by atoms with Crippen molar-refractivity contribution < 1.29 is 14.4 Å². The van der Waals surface area contributed by atoms with E-state index in [9.17, 15) is 9.59 Å². The van der Waals surface area contributed by atoms with Crippen molar-refractivity contribution in [1.29, 1.82) is 0 Å². The summed E-state index contributed by atoms with van der Waals surface area (Å²) in [5.41, 5.74) is 0.315. The van der Waals surface area contributed by atoms with E-state index >= 15 is 0 Å². The van der Waals surface area contributed by atoms with Crippen molar-refractivity contribution >= 4 is 51.5 Å². The van der Waals surface area contributed by atoms with E-state index in [0.717, 1.165) is 35.4 Å². The lowest BCUT2D eigenvalue weighted by atomic mass is 10.1. The molecule has 4 nitrogen and oxygen atoms in total. The van der Waals surface area contributed by atoms with Crippen LogP contribution in [0, 0.1) is 0 Å². The van der Waals surface area contributed by atoms with E-state index in [2.05, 4.69) is 35.7 Å². The molecular formula is C22H23NO3S3. The third-order valence-corrected chi connectivity index (χ3v) is 7.69. The molecule has 0 N–H and O–H groups in total. The summed E-state index contributed by atoms with van der Waals surface area (Å²) in [6.07, 6.45) is 4.63. The maximum atomic E-state index is 13.0. The molecule has 3 aromatic rings. The third kappa shape index (κ3) is 5.95. The van der Waals surface area contributed by atoms with Crippen LogP contribution in [0.5, 0.6) is 0 Å². The summed E-state index contributed by atoms with van der Waals surface area (Å²) in [5.74, 6) is -0.676. The topological polar surface area (TPSA) is 55.7 Å². The molecule has 0 aliphatic heterocycles. The Bertz CT molecular complexity index is 983. The van der Waals surface area contributed by atoms with Crippen LogP contribution in [0.1, 0.15) is 55.6 Å². The van der Waals surface area contributed by atoms with Crippen molar-refractivity contribution in [3.05, 3.63) is 46.7 Å². The second kappa shape index (κ2) is 10.6. The van der Waals surface area contributed by atoms with Gasteiger partial charge in [0.25, 0.3) is 0 Å². The number of thiophene rings is 3. The molecule has 0 saturated heterocycles. The maximum absolute atomic E-state index is 13.0. The minimum Gasteiger partial charge on any atom is -0.318 e. The van der Waals surface area contributed by atoms with E-state index in [1.54, 1.807) is 22.7 Å². The van der Waals surface area contributed by atoms with Crippen molar-refractivity contribution in [1.82, 2.24) is 0 Å². The van der Waals surface area contributed by atoms with E-state index in [-0.39, 0.29) is 5.78 Å². The van der Waals surface area contributed by atoms with Crippen molar-refractivity contribution in [2.24, 2.45) is 5.16 Å². The Labute approximate surface area is 182 Å². The molecule has 0 unspecified atom stereocenters. The predicted octanol–water partition coefficient (Wildman–Crippen LogP) is 7.28. The van der Waals surface area contributed by atoms with Gasteiger partial charge in [0.1, 0.15) is 5.71 Å². The van der Waals surface area contributed by atoms with Gasteiger partial charge in [0.15, 0.2) is 0 Å². The van der Waals surface area contributed by atoms with Crippen molar-refractivity contribution in [3.8, 4) is 19.5 Å². The molecule has 3 heterocycles. The largest absolute Gasteiger partial charge is 0.331 e. The number of carbonyl (C=O) groups is 2. The Morgan fingerprint density at radius 2 is 1.66 bits per heavy atom. The van der Waals surface area contributed by atoms with Crippen molar-refractivity contribution in [2.45, 2.75) is 46.0 Å². The molecule has 0 aliphatic carbocycles. The number of rotatable bonds is 10. The van der Waals surface area contributed by atoms with Gasteiger partial charge in [-0.2, -0.15) is 0 Å². The van der Waals surface area contributed by atoms with Gasteiger partial charge in [-0.05, 0) is 48.6 Å². The van der Waals surface area contributed by atoms with Gasteiger partial charge in [0.05, 0.1) is 4.88 Å². The summed E-state index contributed by atoms with van der Waals surface area (Å²) in [5, 5.41) is 5.92. The quantitative estimate of drug-likeness (QED) is 0.108. The van der Waals surface area contributed by atoms with E-state index < -0.39 is 5.97 Å². The first-order chi connectivity index (χ1) is 14.1. The minimum atomic E-state index is -0.518. The Morgan fingerprint density at radius 1 is 0.931 bits per heavy atom. The Kier molecular flexibility index (Phi) is 7.91. The number of hydrogen-bond acceptors (Lipinski definition) is 7. The summed E-state index contributed by atoms with van der Waals surface area (Å²) in [6, 6.07) is 12.2. The maximum Gasteiger partial charge on any atom is 0.331 e. The first-order valence-corrected chi connectivity index (χ1v) is 12.1. The molecule has 0 aliphatic rings.